The lowest BCUT2D eigenvalue weighted by Crippen LogP contribution is -2.02. The number of ether oxygens (including phenoxy) is 2. The van der Waals surface area contributed by atoms with Gasteiger partial charge in [-0.15, -0.1) is 0 Å². The summed E-state index contributed by atoms with van der Waals surface area (Å²) in [7, 11) is 1.58. The van der Waals surface area contributed by atoms with Crippen LogP contribution in [0.4, 0.5) is 0 Å². The maximum atomic E-state index is 11.1. The predicted molar refractivity (Wildman–Crippen MR) is 58.5 cm³/mol. The van der Waals surface area contributed by atoms with Crippen LogP contribution in [-0.4, -0.2) is 19.5 Å². The molecule has 0 heterocycles. The second-order valence-electron chi connectivity index (χ2n) is 3.26. The fourth-order valence-electron chi connectivity index (χ4n) is 1.47. The topological polar surface area (TPSA) is 35.5 Å². The first-order chi connectivity index (χ1) is 7.19. The summed E-state index contributed by atoms with van der Waals surface area (Å²) >= 11 is 0. The first-order valence-corrected chi connectivity index (χ1v) is 4.97. The molecule has 15 heavy (non-hydrogen) atoms. The van der Waals surface area contributed by atoms with Crippen molar-refractivity contribution in [2.45, 2.75) is 20.3 Å². The van der Waals surface area contributed by atoms with E-state index in [0.717, 1.165) is 5.56 Å². The van der Waals surface area contributed by atoms with Crippen molar-refractivity contribution in [3.63, 3.8) is 0 Å². The largest absolute Gasteiger partial charge is 0.493 e. The monoisotopic (exact) mass is 208 g/mol. The number of hydrogen-bond donors (Lipinski definition) is 0. The lowest BCUT2D eigenvalue weighted by Gasteiger charge is -2.12. The quantitative estimate of drug-likeness (QED) is 0.744. The third-order valence-corrected chi connectivity index (χ3v) is 2.00. The molecule has 0 fully saturated rings. The van der Waals surface area contributed by atoms with Gasteiger partial charge in [-0.1, -0.05) is 12.1 Å². The normalized spacial score (nSPS) is 9.80. The minimum Gasteiger partial charge on any atom is -0.493 e. The Labute approximate surface area is 90.0 Å². The number of benzene rings is 1. The summed E-state index contributed by atoms with van der Waals surface area (Å²) < 4.78 is 10.7. The number of rotatable bonds is 5. The van der Waals surface area contributed by atoms with Gasteiger partial charge in [0, 0.05) is 12.0 Å². The van der Waals surface area contributed by atoms with Gasteiger partial charge in [-0.05, 0) is 19.9 Å². The second kappa shape index (κ2) is 5.39. The molecule has 3 nitrogen and oxygen atoms in total. The molecule has 0 N–H and O–H groups in total. The van der Waals surface area contributed by atoms with Crippen LogP contribution in [0.1, 0.15) is 19.4 Å². The van der Waals surface area contributed by atoms with E-state index in [1.54, 1.807) is 14.0 Å². The van der Waals surface area contributed by atoms with Crippen LogP contribution in [-0.2, 0) is 11.2 Å². The van der Waals surface area contributed by atoms with Crippen LogP contribution in [0.15, 0.2) is 18.2 Å². The maximum Gasteiger partial charge on any atom is 0.164 e. The summed E-state index contributed by atoms with van der Waals surface area (Å²) in [6.45, 7) is 4.06. The Morgan fingerprint density at radius 3 is 2.67 bits per heavy atom. The van der Waals surface area contributed by atoms with Gasteiger partial charge in [-0.25, -0.2) is 0 Å². The number of carbonyl (C=O) groups is 1. The number of hydrogen-bond acceptors (Lipinski definition) is 3. The second-order valence-corrected chi connectivity index (χ2v) is 3.26. The van der Waals surface area contributed by atoms with Crippen molar-refractivity contribution in [3.05, 3.63) is 23.8 Å². The molecule has 0 bridgehead atoms. The van der Waals surface area contributed by atoms with Crippen LogP contribution in [0.2, 0.25) is 0 Å². The zero-order valence-electron chi connectivity index (χ0n) is 9.37. The lowest BCUT2D eigenvalue weighted by molar-refractivity contribution is -0.116. The first-order valence-electron chi connectivity index (χ1n) is 4.97. The van der Waals surface area contributed by atoms with Gasteiger partial charge in [-0.3, -0.25) is 4.79 Å². The number of methoxy groups -OCH3 is 1. The van der Waals surface area contributed by atoms with E-state index in [0.29, 0.717) is 24.5 Å². The molecule has 1 rings (SSSR count). The van der Waals surface area contributed by atoms with Crippen molar-refractivity contribution >= 4 is 5.78 Å². The fraction of sp³-hybridized carbons (Fsp3) is 0.417. The molecule has 3 heteroatoms. The third kappa shape index (κ3) is 2.98. The summed E-state index contributed by atoms with van der Waals surface area (Å²) in [5.41, 5.74) is 0.871. The highest BCUT2D eigenvalue weighted by molar-refractivity contribution is 5.79. The molecule has 0 saturated heterocycles. The molecule has 0 radical (unpaired) electrons. The standard InChI is InChI=1S/C12H16O3/c1-4-15-11-7-5-6-10(8-9(2)13)12(11)14-3/h5-7H,4,8H2,1-3H3. The van der Waals surface area contributed by atoms with Crippen LogP contribution in [0.25, 0.3) is 0 Å². The highest BCUT2D eigenvalue weighted by Gasteiger charge is 2.10. The van der Waals surface area contributed by atoms with Gasteiger partial charge in [0.2, 0.25) is 0 Å². The molecule has 0 unspecified atom stereocenters. The molecule has 0 aliphatic rings. The molecular weight excluding hydrogens is 192 g/mol. The Morgan fingerprint density at radius 2 is 2.13 bits per heavy atom. The van der Waals surface area contributed by atoms with Crippen molar-refractivity contribution in [2.75, 3.05) is 13.7 Å². The molecule has 0 aliphatic carbocycles. The highest BCUT2D eigenvalue weighted by atomic mass is 16.5. The fourth-order valence-corrected chi connectivity index (χ4v) is 1.47. The van der Waals surface area contributed by atoms with Gasteiger partial charge < -0.3 is 9.47 Å². The van der Waals surface area contributed by atoms with Crippen molar-refractivity contribution in [1.82, 2.24) is 0 Å². The number of ketones is 1. The van der Waals surface area contributed by atoms with E-state index >= 15 is 0 Å². The molecule has 0 amide bonds. The van der Waals surface area contributed by atoms with Crippen LogP contribution >= 0.6 is 0 Å². The number of Topliss-reactive ketones (excluding diaryl/α,β-unsaturated/α-hetero) is 1. The van der Waals surface area contributed by atoms with Crippen LogP contribution in [0.3, 0.4) is 0 Å². The van der Waals surface area contributed by atoms with Crippen molar-refractivity contribution < 1.29 is 14.3 Å². The van der Waals surface area contributed by atoms with Gasteiger partial charge in [0.1, 0.15) is 5.78 Å². The molecule has 0 aliphatic heterocycles. The Kier molecular flexibility index (Phi) is 4.16. The first kappa shape index (κ1) is 11.6. The Morgan fingerprint density at radius 1 is 1.40 bits per heavy atom. The molecule has 82 valence electrons. The Bertz CT molecular complexity index is 345. The average molecular weight is 208 g/mol. The minimum atomic E-state index is 0.113. The Hall–Kier alpha value is -1.51. The molecular formula is C12H16O3. The van der Waals surface area contributed by atoms with Gasteiger partial charge in [0.05, 0.1) is 13.7 Å². The van der Waals surface area contributed by atoms with Gasteiger partial charge in [0.25, 0.3) is 0 Å². The van der Waals surface area contributed by atoms with Crippen LogP contribution < -0.4 is 9.47 Å². The molecule has 1 aromatic rings. The smallest absolute Gasteiger partial charge is 0.164 e. The summed E-state index contributed by atoms with van der Waals surface area (Å²) in [5.74, 6) is 1.47. The van der Waals surface area contributed by atoms with E-state index < -0.39 is 0 Å². The van der Waals surface area contributed by atoms with Gasteiger partial charge >= 0.3 is 0 Å². The highest BCUT2D eigenvalue weighted by Crippen LogP contribution is 2.31. The summed E-state index contributed by atoms with van der Waals surface area (Å²) in [6, 6.07) is 5.58. The number of carbonyl (C=O) groups excluding carboxylic acids is 1. The van der Waals surface area contributed by atoms with Crippen molar-refractivity contribution in [3.8, 4) is 11.5 Å². The molecule has 0 spiro atoms. The molecule has 0 saturated carbocycles. The van der Waals surface area contributed by atoms with E-state index in [2.05, 4.69) is 0 Å². The molecule has 0 aromatic heterocycles. The average Bonchev–Trinajstić information content (AvgIpc) is 2.18. The van der Waals surface area contributed by atoms with Gasteiger partial charge in [0.15, 0.2) is 11.5 Å². The van der Waals surface area contributed by atoms with E-state index in [4.69, 9.17) is 9.47 Å². The van der Waals surface area contributed by atoms with Crippen LogP contribution in [0, 0.1) is 0 Å². The van der Waals surface area contributed by atoms with E-state index in [1.807, 2.05) is 25.1 Å². The van der Waals surface area contributed by atoms with Crippen molar-refractivity contribution in [1.29, 1.82) is 0 Å². The van der Waals surface area contributed by atoms with Crippen LogP contribution in [0.5, 0.6) is 11.5 Å². The minimum absolute atomic E-state index is 0.113. The number of para-hydroxylation sites is 1. The summed E-state index contributed by atoms with van der Waals surface area (Å²) in [4.78, 5) is 11.1. The van der Waals surface area contributed by atoms with E-state index in [9.17, 15) is 4.79 Å². The van der Waals surface area contributed by atoms with E-state index in [1.165, 1.54) is 0 Å². The third-order valence-electron chi connectivity index (χ3n) is 2.00. The Balaban J connectivity index is 3.04. The maximum absolute atomic E-state index is 11.1. The zero-order chi connectivity index (χ0) is 11.3. The van der Waals surface area contributed by atoms with Gasteiger partial charge in [-0.2, -0.15) is 0 Å². The van der Waals surface area contributed by atoms with E-state index in [-0.39, 0.29) is 5.78 Å². The van der Waals surface area contributed by atoms with Crippen molar-refractivity contribution in [2.24, 2.45) is 0 Å². The SMILES string of the molecule is CCOc1cccc(CC(C)=O)c1OC. The molecule has 0 atom stereocenters. The predicted octanol–water partition coefficient (Wildman–Crippen LogP) is 2.23. The lowest BCUT2D eigenvalue weighted by atomic mass is 10.1. The zero-order valence-corrected chi connectivity index (χ0v) is 9.37. The summed E-state index contributed by atoms with van der Waals surface area (Å²) in [6.07, 6.45) is 0.379. The summed E-state index contributed by atoms with van der Waals surface area (Å²) in [5, 5.41) is 0. The molecule has 1 aromatic carbocycles.